The number of hydrogen-bond acceptors (Lipinski definition) is 2. The Balaban J connectivity index is 1.42. The summed E-state index contributed by atoms with van der Waals surface area (Å²) in [4.78, 5) is 7.91. The maximum Gasteiger partial charge on any atom is 0.416 e. The highest BCUT2D eigenvalue weighted by Crippen LogP contribution is 2.33. The van der Waals surface area contributed by atoms with Crippen molar-refractivity contribution in [2.75, 3.05) is 5.32 Å². The SMILES string of the molecule is FC(F)(F)c1ccc(-c2cccc(Nc3ccc(Cl)c(-c4nc5ccccc5[nH]4)c3)c2)cc1. The van der Waals surface area contributed by atoms with Crippen LogP contribution in [0.4, 0.5) is 24.5 Å². The van der Waals surface area contributed by atoms with Gasteiger partial charge in [-0.1, -0.05) is 48.0 Å². The fourth-order valence-electron chi connectivity index (χ4n) is 3.66. The van der Waals surface area contributed by atoms with Crippen LogP contribution < -0.4 is 5.32 Å². The van der Waals surface area contributed by atoms with Gasteiger partial charge < -0.3 is 10.3 Å². The zero-order valence-electron chi connectivity index (χ0n) is 17.1. The summed E-state index contributed by atoms with van der Waals surface area (Å²) >= 11 is 6.44. The average molecular weight is 464 g/mol. The van der Waals surface area contributed by atoms with E-state index in [0.717, 1.165) is 45.7 Å². The minimum Gasteiger partial charge on any atom is -0.355 e. The molecule has 0 spiro atoms. The number of para-hydroxylation sites is 2. The minimum absolute atomic E-state index is 0.568. The molecule has 2 N–H and O–H groups in total. The highest BCUT2D eigenvalue weighted by Gasteiger charge is 2.29. The third kappa shape index (κ3) is 4.43. The molecule has 0 amide bonds. The summed E-state index contributed by atoms with van der Waals surface area (Å²) in [5, 5.41) is 3.91. The van der Waals surface area contributed by atoms with Gasteiger partial charge in [0.05, 0.1) is 21.6 Å². The van der Waals surface area contributed by atoms with E-state index < -0.39 is 11.7 Å². The van der Waals surface area contributed by atoms with Gasteiger partial charge in [-0.3, -0.25) is 0 Å². The minimum atomic E-state index is -4.35. The number of aromatic nitrogens is 2. The van der Waals surface area contributed by atoms with Gasteiger partial charge in [0.15, 0.2) is 0 Å². The quantitative estimate of drug-likeness (QED) is 0.281. The number of nitrogens with zero attached hydrogens (tertiary/aromatic N) is 1. The first-order valence-electron chi connectivity index (χ1n) is 10.2. The predicted molar refractivity (Wildman–Crippen MR) is 127 cm³/mol. The van der Waals surface area contributed by atoms with Gasteiger partial charge in [0.25, 0.3) is 0 Å². The molecule has 0 aliphatic rings. The van der Waals surface area contributed by atoms with Crippen LogP contribution in [0.5, 0.6) is 0 Å². The van der Waals surface area contributed by atoms with Crippen LogP contribution in [0.2, 0.25) is 5.02 Å². The van der Waals surface area contributed by atoms with Crippen LogP contribution in [0.3, 0.4) is 0 Å². The van der Waals surface area contributed by atoms with Crippen molar-refractivity contribution in [3.8, 4) is 22.5 Å². The lowest BCUT2D eigenvalue weighted by Crippen LogP contribution is -2.03. The van der Waals surface area contributed by atoms with Crippen LogP contribution in [0.15, 0.2) is 91.0 Å². The normalized spacial score (nSPS) is 11.6. The lowest BCUT2D eigenvalue weighted by atomic mass is 10.0. The highest BCUT2D eigenvalue weighted by atomic mass is 35.5. The standard InChI is InChI=1S/C26H17ClF3N3/c27-22-13-12-20(15-21(22)25-32-23-6-1-2-7-24(23)33-25)31-19-5-3-4-17(14-19)16-8-10-18(11-9-16)26(28,29)30/h1-15,31H,(H,32,33). The van der Waals surface area contributed by atoms with E-state index in [1.54, 1.807) is 6.07 Å². The van der Waals surface area contributed by atoms with E-state index in [0.29, 0.717) is 16.4 Å². The second-order valence-electron chi connectivity index (χ2n) is 7.58. The van der Waals surface area contributed by atoms with Gasteiger partial charge >= 0.3 is 6.18 Å². The van der Waals surface area contributed by atoms with Gasteiger partial charge in [0.1, 0.15) is 5.82 Å². The second-order valence-corrected chi connectivity index (χ2v) is 7.99. The van der Waals surface area contributed by atoms with Crippen LogP contribution in [-0.4, -0.2) is 9.97 Å². The van der Waals surface area contributed by atoms with E-state index in [1.807, 2.05) is 60.7 Å². The number of benzene rings is 4. The van der Waals surface area contributed by atoms with E-state index in [9.17, 15) is 13.2 Å². The Kier molecular flexibility index (Phi) is 5.30. The van der Waals surface area contributed by atoms with Gasteiger partial charge in [-0.2, -0.15) is 13.2 Å². The third-order valence-electron chi connectivity index (χ3n) is 5.31. The Morgan fingerprint density at radius 1 is 0.758 bits per heavy atom. The van der Waals surface area contributed by atoms with Gasteiger partial charge in [-0.05, 0) is 65.7 Å². The molecule has 0 saturated heterocycles. The summed E-state index contributed by atoms with van der Waals surface area (Å²) in [7, 11) is 0. The molecule has 3 nitrogen and oxygen atoms in total. The number of rotatable bonds is 4. The number of halogens is 4. The summed E-state index contributed by atoms with van der Waals surface area (Å²) in [6.45, 7) is 0. The molecule has 5 aromatic rings. The van der Waals surface area contributed by atoms with E-state index in [-0.39, 0.29) is 0 Å². The van der Waals surface area contributed by atoms with E-state index in [1.165, 1.54) is 12.1 Å². The second kappa shape index (κ2) is 8.30. The van der Waals surface area contributed by atoms with Crippen molar-refractivity contribution < 1.29 is 13.2 Å². The fraction of sp³-hybridized carbons (Fsp3) is 0.0385. The molecule has 0 radical (unpaired) electrons. The molecular formula is C26H17ClF3N3. The van der Waals surface area contributed by atoms with Crippen LogP contribution in [0.1, 0.15) is 5.56 Å². The van der Waals surface area contributed by atoms with Gasteiger partial charge in [0, 0.05) is 16.9 Å². The summed E-state index contributed by atoms with van der Waals surface area (Å²) in [5.41, 5.74) is 4.98. The average Bonchev–Trinajstić information content (AvgIpc) is 3.24. The number of fused-ring (bicyclic) bond motifs is 1. The summed E-state index contributed by atoms with van der Waals surface area (Å²) in [6.07, 6.45) is -4.35. The highest BCUT2D eigenvalue weighted by molar-refractivity contribution is 6.33. The Hall–Kier alpha value is -3.77. The van der Waals surface area contributed by atoms with E-state index in [4.69, 9.17) is 11.6 Å². The molecule has 1 aromatic heterocycles. The topological polar surface area (TPSA) is 40.7 Å². The first-order chi connectivity index (χ1) is 15.9. The van der Waals surface area contributed by atoms with Crippen molar-refractivity contribution >= 4 is 34.0 Å². The van der Waals surface area contributed by atoms with Crippen molar-refractivity contribution in [3.05, 3.63) is 102 Å². The summed E-state index contributed by atoms with van der Waals surface area (Å²) in [6, 6.07) is 25.9. The lowest BCUT2D eigenvalue weighted by Gasteiger charge is -2.11. The molecule has 33 heavy (non-hydrogen) atoms. The van der Waals surface area contributed by atoms with Crippen LogP contribution in [0, 0.1) is 0 Å². The monoisotopic (exact) mass is 463 g/mol. The Labute approximate surface area is 192 Å². The zero-order chi connectivity index (χ0) is 23.0. The van der Waals surface area contributed by atoms with Crippen LogP contribution >= 0.6 is 11.6 Å². The van der Waals surface area contributed by atoms with Crippen molar-refractivity contribution in [3.63, 3.8) is 0 Å². The first-order valence-corrected chi connectivity index (χ1v) is 10.5. The fourth-order valence-corrected chi connectivity index (χ4v) is 3.87. The van der Waals surface area contributed by atoms with Crippen molar-refractivity contribution in [2.24, 2.45) is 0 Å². The maximum atomic E-state index is 12.8. The number of nitrogens with one attached hydrogen (secondary N) is 2. The van der Waals surface area contributed by atoms with Gasteiger partial charge in [-0.25, -0.2) is 4.98 Å². The van der Waals surface area contributed by atoms with Crippen molar-refractivity contribution in [1.29, 1.82) is 0 Å². The molecule has 0 aliphatic carbocycles. The summed E-state index contributed by atoms with van der Waals surface area (Å²) in [5.74, 6) is 0.670. The Morgan fingerprint density at radius 3 is 2.27 bits per heavy atom. The van der Waals surface area contributed by atoms with Gasteiger partial charge in [0.2, 0.25) is 0 Å². The molecule has 0 bridgehead atoms. The number of aromatic amines is 1. The Morgan fingerprint density at radius 2 is 1.52 bits per heavy atom. The molecule has 0 aliphatic heterocycles. The molecule has 7 heteroatoms. The number of alkyl halides is 3. The number of imidazole rings is 1. The van der Waals surface area contributed by atoms with Crippen LogP contribution in [-0.2, 0) is 6.18 Å². The van der Waals surface area contributed by atoms with E-state index in [2.05, 4.69) is 15.3 Å². The largest absolute Gasteiger partial charge is 0.416 e. The molecular weight excluding hydrogens is 447 g/mol. The summed E-state index contributed by atoms with van der Waals surface area (Å²) < 4.78 is 38.5. The predicted octanol–water partition coefficient (Wildman–Crippen LogP) is 8.31. The zero-order valence-corrected chi connectivity index (χ0v) is 17.9. The molecule has 164 valence electrons. The molecule has 4 aromatic carbocycles. The molecule has 0 saturated carbocycles. The van der Waals surface area contributed by atoms with Crippen molar-refractivity contribution in [2.45, 2.75) is 6.18 Å². The van der Waals surface area contributed by atoms with Gasteiger partial charge in [-0.15, -0.1) is 0 Å². The molecule has 0 fully saturated rings. The molecule has 5 rings (SSSR count). The number of hydrogen-bond donors (Lipinski definition) is 2. The van der Waals surface area contributed by atoms with Crippen molar-refractivity contribution in [1.82, 2.24) is 9.97 Å². The smallest absolute Gasteiger partial charge is 0.355 e. The number of H-pyrrole nitrogens is 1. The van der Waals surface area contributed by atoms with Crippen LogP contribution in [0.25, 0.3) is 33.5 Å². The van der Waals surface area contributed by atoms with E-state index >= 15 is 0 Å². The molecule has 0 unspecified atom stereocenters. The number of anilines is 2. The first kappa shape index (κ1) is 21.1. The third-order valence-corrected chi connectivity index (χ3v) is 5.64. The molecule has 0 atom stereocenters. The maximum absolute atomic E-state index is 12.8. The lowest BCUT2D eigenvalue weighted by molar-refractivity contribution is -0.137. The molecule has 1 heterocycles. The Bertz CT molecular complexity index is 1410.